The van der Waals surface area contributed by atoms with Crippen LogP contribution in [-0.4, -0.2) is 26.4 Å². The van der Waals surface area contributed by atoms with Gasteiger partial charge in [0.25, 0.3) is 5.56 Å². The largest absolute Gasteiger partial charge is 0.393 e. The molecule has 2 amide bonds. The highest BCUT2D eigenvalue weighted by Crippen LogP contribution is 2.00. The van der Waals surface area contributed by atoms with Crippen LogP contribution in [0.2, 0.25) is 0 Å². The van der Waals surface area contributed by atoms with Crippen LogP contribution in [0.5, 0.6) is 0 Å². The second kappa shape index (κ2) is 5.49. The summed E-state index contributed by atoms with van der Waals surface area (Å²) in [5.74, 6) is 0. The smallest absolute Gasteiger partial charge is 0.369 e. The molecule has 0 radical (unpaired) electrons. The zero-order valence-corrected chi connectivity index (χ0v) is 11.4. The van der Waals surface area contributed by atoms with E-state index < -0.39 is 23.4 Å². The minimum absolute atomic E-state index is 0.0187. The Bertz CT molecular complexity index is 772. The summed E-state index contributed by atoms with van der Waals surface area (Å²) in [6, 6.07) is -0.765. The van der Waals surface area contributed by atoms with Crippen LogP contribution in [0.4, 0.5) is 4.79 Å². The van der Waals surface area contributed by atoms with E-state index in [0.717, 1.165) is 9.13 Å². The summed E-state index contributed by atoms with van der Waals surface area (Å²) < 4.78 is 2.21. The fraction of sp³-hybridized carbons (Fsp3) is 0.583. The molecule has 1 aromatic heterocycles. The van der Waals surface area contributed by atoms with Crippen molar-refractivity contribution in [2.24, 2.45) is 17.0 Å². The second-order valence-electron chi connectivity index (χ2n) is 4.82. The number of aliphatic hydroxyl groups excluding tert-OH is 1. The lowest BCUT2D eigenvalue weighted by Crippen LogP contribution is -2.56. The Morgan fingerprint density at radius 3 is 2.55 bits per heavy atom. The Morgan fingerprint density at radius 2 is 1.90 bits per heavy atom. The Balaban J connectivity index is 2.36. The van der Waals surface area contributed by atoms with Crippen LogP contribution in [0.3, 0.4) is 0 Å². The van der Waals surface area contributed by atoms with Crippen LogP contribution in [0.15, 0.2) is 19.6 Å². The monoisotopic (exact) mass is 280 g/mol. The van der Waals surface area contributed by atoms with E-state index in [1.165, 1.54) is 7.05 Å². The predicted octanol–water partition coefficient (Wildman–Crippen LogP) is -1.53. The van der Waals surface area contributed by atoms with Gasteiger partial charge in [0.15, 0.2) is 10.8 Å². The lowest BCUT2D eigenvalue weighted by Gasteiger charge is -2.07. The van der Waals surface area contributed by atoms with E-state index in [9.17, 15) is 14.4 Å². The first-order valence-corrected chi connectivity index (χ1v) is 6.41. The molecule has 1 N–H and O–H groups in total. The molecule has 1 aliphatic rings. The molecule has 108 valence electrons. The van der Waals surface area contributed by atoms with Crippen molar-refractivity contribution in [1.29, 1.82) is 0 Å². The summed E-state index contributed by atoms with van der Waals surface area (Å²) in [5, 5.41) is 9.08. The predicted molar refractivity (Wildman–Crippen MR) is 69.2 cm³/mol. The van der Waals surface area contributed by atoms with Crippen LogP contribution in [0.25, 0.3) is 0 Å². The molecule has 0 bridgehead atoms. The number of aromatic nitrogens is 2. The van der Waals surface area contributed by atoms with Crippen molar-refractivity contribution in [2.75, 3.05) is 0 Å². The van der Waals surface area contributed by atoms with Gasteiger partial charge < -0.3 is 5.11 Å². The highest BCUT2D eigenvalue weighted by Gasteiger charge is 2.15. The summed E-state index contributed by atoms with van der Waals surface area (Å²) >= 11 is 0. The number of unbranched alkanes of at least 4 members (excludes halogenated alkanes) is 1. The van der Waals surface area contributed by atoms with Crippen LogP contribution in [0, 0.1) is 0 Å². The number of amides is 2. The third kappa shape index (κ3) is 2.60. The first kappa shape index (κ1) is 14.3. The quantitative estimate of drug-likeness (QED) is 0.660. The molecule has 0 fully saturated rings. The van der Waals surface area contributed by atoms with Gasteiger partial charge in [-0.2, -0.15) is 9.98 Å². The standard InChI is InChI=1S/C12H16N4O4/c1-7(17)5-3-4-6-16-10(18)8-9(14-11(19)13-8)15(2)12(16)20/h7,17H,3-6H2,1-2H3/t7-/m1/s1. The molecular formula is C12H16N4O4. The number of urea groups is 1. The van der Waals surface area contributed by atoms with E-state index in [-0.39, 0.29) is 17.4 Å². The molecule has 0 saturated heterocycles. The van der Waals surface area contributed by atoms with Gasteiger partial charge in [-0.15, -0.1) is 0 Å². The molecule has 8 nitrogen and oxygen atoms in total. The van der Waals surface area contributed by atoms with E-state index in [0.29, 0.717) is 19.3 Å². The van der Waals surface area contributed by atoms with E-state index in [4.69, 9.17) is 5.11 Å². The fourth-order valence-corrected chi connectivity index (χ4v) is 2.08. The lowest BCUT2D eigenvalue weighted by molar-refractivity contribution is 0.180. The number of hydrogen-bond donors (Lipinski definition) is 1. The molecule has 8 heteroatoms. The van der Waals surface area contributed by atoms with Gasteiger partial charge in [0, 0.05) is 13.6 Å². The first-order chi connectivity index (χ1) is 9.41. The molecule has 0 aromatic carbocycles. The molecule has 20 heavy (non-hydrogen) atoms. The fourth-order valence-electron chi connectivity index (χ4n) is 2.08. The minimum atomic E-state index is -0.765. The molecular weight excluding hydrogens is 264 g/mol. The Labute approximate surface area is 113 Å². The molecule has 0 spiro atoms. The van der Waals surface area contributed by atoms with Crippen LogP contribution in [0.1, 0.15) is 26.2 Å². The molecule has 2 rings (SSSR count). The minimum Gasteiger partial charge on any atom is -0.393 e. The number of aliphatic hydroxyl groups is 1. The van der Waals surface area contributed by atoms with Crippen molar-refractivity contribution < 1.29 is 9.90 Å². The summed E-state index contributed by atoms with van der Waals surface area (Å²) in [6.07, 6.45) is 1.49. The maximum atomic E-state index is 12.1. The van der Waals surface area contributed by atoms with E-state index in [2.05, 4.69) is 9.98 Å². The Kier molecular flexibility index (Phi) is 3.93. The zero-order valence-electron chi connectivity index (χ0n) is 11.4. The van der Waals surface area contributed by atoms with Crippen LogP contribution >= 0.6 is 0 Å². The topological polar surface area (TPSA) is 106 Å². The van der Waals surface area contributed by atoms with Crippen molar-refractivity contribution in [3.63, 3.8) is 0 Å². The molecule has 0 unspecified atom stereocenters. The van der Waals surface area contributed by atoms with Crippen molar-refractivity contribution in [2.45, 2.75) is 38.8 Å². The van der Waals surface area contributed by atoms with Gasteiger partial charge in [0.05, 0.1) is 6.10 Å². The zero-order chi connectivity index (χ0) is 14.9. The van der Waals surface area contributed by atoms with Crippen molar-refractivity contribution in [3.8, 4) is 0 Å². The number of nitrogens with zero attached hydrogens (tertiary/aromatic N) is 4. The van der Waals surface area contributed by atoms with Gasteiger partial charge in [0.2, 0.25) is 0 Å². The first-order valence-electron chi connectivity index (χ1n) is 6.41. The van der Waals surface area contributed by atoms with Crippen molar-refractivity contribution >= 4 is 6.03 Å². The summed E-state index contributed by atoms with van der Waals surface area (Å²) in [7, 11) is 1.45. The lowest BCUT2D eigenvalue weighted by atomic mass is 10.2. The molecule has 1 aliphatic heterocycles. The number of rotatable bonds is 5. The van der Waals surface area contributed by atoms with Gasteiger partial charge in [-0.1, -0.05) is 0 Å². The molecule has 1 aromatic rings. The third-order valence-corrected chi connectivity index (χ3v) is 3.16. The number of hydrogen-bond acceptors (Lipinski definition) is 4. The number of carbonyl (C=O) groups excluding carboxylic acids is 1. The SMILES string of the molecule is C[C@@H](O)CCCCn1c(=O)c2c(n(C)c1=O)=NC(=O)N=2. The number of fused-ring (bicyclic) bond motifs is 1. The molecule has 0 aliphatic carbocycles. The summed E-state index contributed by atoms with van der Waals surface area (Å²) in [6.45, 7) is 1.92. The van der Waals surface area contributed by atoms with Gasteiger partial charge in [0.1, 0.15) is 0 Å². The molecule has 0 saturated carbocycles. The van der Waals surface area contributed by atoms with Gasteiger partial charge in [-0.05, 0) is 26.2 Å². The van der Waals surface area contributed by atoms with Crippen LogP contribution < -0.4 is 22.1 Å². The third-order valence-electron chi connectivity index (χ3n) is 3.16. The second-order valence-corrected chi connectivity index (χ2v) is 4.82. The molecule has 1 atom stereocenters. The summed E-state index contributed by atoms with van der Waals surface area (Å²) in [4.78, 5) is 42.4. The van der Waals surface area contributed by atoms with Crippen molar-refractivity contribution in [1.82, 2.24) is 9.13 Å². The number of carbonyl (C=O) groups is 1. The maximum Gasteiger partial charge on any atom is 0.369 e. The summed E-state index contributed by atoms with van der Waals surface area (Å²) in [5.41, 5.74) is -1.08. The van der Waals surface area contributed by atoms with E-state index in [1.807, 2.05) is 0 Å². The van der Waals surface area contributed by atoms with Gasteiger partial charge in [-0.3, -0.25) is 13.9 Å². The van der Waals surface area contributed by atoms with Crippen LogP contribution in [-0.2, 0) is 13.6 Å². The average Bonchev–Trinajstić information content (AvgIpc) is 2.77. The van der Waals surface area contributed by atoms with E-state index in [1.54, 1.807) is 6.92 Å². The van der Waals surface area contributed by atoms with E-state index >= 15 is 0 Å². The average molecular weight is 280 g/mol. The highest BCUT2D eigenvalue weighted by molar-refractivity contribution is 5.77. The maximum absolute atomic E-state index is 12.1. The normalized spacial score (nSPS) is 14.7. The Morgan fingerprint density at radius 1 is 1.20 bits per heavy atom. The van der Waals surface area contributed by atoms with Gasteiger partial charge >= 0.3 is 11.7 Å². The van der Waals surface area contributed by atoms with Gasteiger partial charge in [-0.25, -0.2) is 9.59 Å². The van der Waals surface area contributed by atoms with Crippen molar-refractivity contribution in [3.05, 3.63) is 31.7 Å². The highest BCUT2D eigenvalue weighted by atomic mass is 16.3. The molecule has 2 heterocycles. The Hall–Kier alpha value is -2.09.